The van der Waals surface area contributed by atoms with Gasteiger partial charge in [0.05, 0.1) is 6.54 Å². The average molecular weight is 353 g/mol. The van der Waals surface area contributed by atoms with Crippen LogP contribution in [0.1, 0.15) is 15.9 Å². The predicted molar refractivity (Wildman–Crippen MR) is 108 cm³/mol. The van der Waals surface area contributed by atoms with E-state index in [0.717, 1.165) is 28.9 Å². The maximum atomic E-state index is 12.8. The number of anilines is 1. The Morgan fingerprint density at radius 2 is 1.59 bits per heavy atom. The predicted octanol–water partition coefficient (Wildman–Crippen LogP) is 4.85. The SMILES string of the molecule is O=C(Nc1ccccc1)c1ccccc1-c1ccc(Cn2cccn2)cc1. The van der Waals surface area contributed by atoms with E-state index in [1.165, 1.54) is 0 Å². The number of hydrogen-bond acceptors (Lipinski definition) is 2. The quantitative estimate of drug-likeness (QED) is 0.557. The molecule has 0 aliphatic carbocycles. The number of benzene rings is 3. The van der Waals surface area contributed by atoms with Gasteiger partial charge in [-0.25, -0.2) is 0 Å². The van der Waals surface area contributed by atoms with Crippen LogP contribution < -0.4 is 5.32 Å². The van der Waals surface area contributed by atoms with Crippen molar-refractivity contribution in [1.82, 2.24) is 9.78 Å². The van der Waals surface area contributed by atoms with Crippen LogP contribution in [-0.2, 0) is 6.54 Å². The van der Waals surface area contributed by atoms with Crippen LogP contribution in [-0.4, -0.2) is 15.7 Å². The molecule has 132 valence electrons. The molecule has 0 unspecified atom stereocenters. The summed E-state index contributed by atoms with van der Waals surface area (Å²) in [7, 11) is 0. The zero-order valence-corrected chi connectivity index (χ0v) is 14.7. The molecule has 4 aromatic rings. The summed E-state index contributed by atoms with van der Waals surface area (Å²) in [5, 5.41) is 7.19. The Labute approximate surface area is 158 Å². The minimum Gasteiger partial charge on any atom is -0.322 e. The van der Waals surface area contributed by atoms with E-state index in [1.807, 2.05) is 83.7 Å². The van der Waals surface area contributed by atoms with E-state index in [-0.39, 0.29) is 5.91 Å². The van der Waals surface area contributed by atoms with E-state index in [0.29, 0.717) is 5.56 Å². The Morgan fingerprint density at radius 1 is 0.852 bits per heavy atom. The maximum absolute atomic E-state index is 12.8. The van der Waals surface area contributed by atoms with Crippen molar-refractivity contribution in [1.29, 1.82) is 0 Å². The highest BCUT2D eigenvalue weighted by Crippen LogP contribution is 2.25. The Hall–Kier alpha value is -3.66. The molecule has 4 heteroatoms. The van der Waals surface area contributed by atoms with Crippen molar-refractivity contribution in [3.8, 4) is 11.1 Å². The highest BCUT2D eigenvalue weighted by atomic mass is 16.1. The standard InChI is InChI=1S/C23H19N3O/c27-23(25-20-7-2-1-3-8-20)22-10-5-4-9-21(22)19-13-11-18(12-14-19)17-26-16-6-15-24-26/h1-16H,17H2,(H,25,27). The lowest BCUT2D eigenvalue weighted by Gasteiger charge is -2.11. The van der Waals surface area contributed by atoms with Gasteiger partial charge < -0.3 is 5.32 Å². The third-order valence-corrected chi connectivity index (χ3v) is 4.37. The first-order valence-electron chi connectivity index (χ1n) is 8.82. The largest absolute Gasteiger partial charge is 0.322 e. The number of rotatable bonds is 5. The molecule has 1 aromatic heterocycles. The van der Waals surface area contributed by atoms with Crippen molar-refractivity contribution in [3.05, 3.63) is 108 Å². The van der Waals surface area contributed by atoms with Gasteiger partial charge in [0.25, 0.3) is 5.91 Å². The Bertz CT molecular complexity index is 1020. The minimum absolute atomic E-state index is 0.114. The molecule has 3 aromatic carbocycles. The summed E-state index contributed by atoms with van der Waals surface area (Å²) < 4.78 is 1.89. The first-order chi connectivity index (χ1) is 13.3. The van der Waals surface area contributed by atoms with Gasteiger partial charge in [-0.3, -0.25) is 9.48 Å². The van der Waals surface area contributed by atoms with Gasteiger partial charge in [-0.1, -0.05) is 60.7 Å². The number of carbonyl (C=O) groups is 1. The summed E-state index contributed by atoms with van der Waals surface area (Å²) in [6.45, 7) is 0.726. The van der Waals surface area contributed by atoms with Crippen LogP contribution in [0.5, 0.6) is 0 Å². The lowest BCUT2D eigenvalue weighted by molar-refractivity contribution is 0.102. The smallest absolute Gasteiger partial charge is 0.256 e. The average Bonchev–Trinajstić information content (AvgIpc) is 3.22. The van der Waals surface area contributed by atoms with Gasteiger partial charge in [0.2, 0.25) is 0 Å². The van der Waals surface area contributed by atoms with E-state index >= 15 is 0 Å². The molecule has 4 rings (SSSR count). The summed E-state index contributed by atoms with van der Waals surface area (Å²) in [6, 6.07) is 27.3. The van der Waals surface area contributed by atoms with Crippen LogP contribution in [0, 0.1) is 0 Å². The molecule has 0 spiro atoms. The highest BCUT2D eigenvalue weighted by molar-refractivity contribution is 6.08. The molecular formula is C23H19N3O. The molecule has 1 N–H and O–H groups in total. The maximum Gasteiger partial charge on any atom is 0.256 e. The fourth-order valence-electron chi connectivity index (χ4n) is 3.02. The lowest BCUT2D eigenvalue weighted by Crippen LogP contribution is -2.13. The molecule has 4 nitrogen and oxygen atoms in total. The summed E-state index contributed by atoms with van der Waals surface area (Å²) in [4.78, 5) is 12.8. The molecule has 0 radical (unpaired) electrons. The van der Waals surface area contributed by atoms with Gasteiger partial charge >= 0.3 is 0 Å². The van der Waals surface area contributed by atoms with Crippen molar-refractivity contribution in [3.63, 3.8) is 0 Å². The molecule has 27 heavy (non-hydrogen) atoms. The summed E-state index contributed by atoms with van der Waals surface area (Å²) >= 11 is 0. The van der Waals surface area contributed by atoms with Gasteiger partial charge in [-0.15, -0.1) is 0 Å². The first-order valence-corrected chi connectivity index (χ1v) is 8.82. The van der Waals surface area contributed by atoms with Crippen molar-refractivity contribution < 1.29 is 4.79 Å². The highest BCUT2D eigenvalue weighted by Gasteiger charge is 2.12. The lowest BCUT2D eigenvalue weighted by atomic mass is 9.98. The molecule has 0 aliphatic rings. The van der Waals surface area contributed by atoms with E-state index in [2.05, 4.69) is 22.5 Å². The third-order valence-electron chi connectivity index (χ3n) is 4.37. The minimum atomic E-state index is -0.114. The fraction of sp³-hybridized carbons (Fsp3) is 0.0435. The van der Waals surface area contributed by atoms with Gasteiger partial charge in [-0.2, -0.15) is 5.10 Å². The second-order valence-corrected chi connectivity index (χ2v) is 6.27. The van der Waals surface area contributed by atoms with Gasteiger partial charge in [0.1, 0.15) is 0 Å². The third kappa shape index (κ3) is 3.96. The van der Waals surface area contributed by atoms with E-state index in [1.54, 1.807) is 6.20 Å². The topological polar surface area (TPSA) is 46.9 Å². The van der Waals surface area contributed by atoms with E-state index in [9.17, 15) is 4.79 Å². The van der Waals surface area contributed by atoms with Crippen LogP contribution in [0.15, 0.2) is 97.3 Å². The number of carbonyl (C=O) groups excluding carboxylic acids is 1. The molecule has 0 atom stereocenters. The van der Waals surface area contributed by atoms with Crippen LogP contribution in [0.4, 0.5) is 5.69 Å². The fourth-order valence-corrected chi connectivity index (χ4v) is 3.02. The van der Waals surface area contributed by atoms with Crippen LogP contribution >= 0.6 is 0 Å². The molecule has 0 saturated carbocycles. The van der Waals surface area contributed by atoms with Crippen LogP contribution in [0.3, 0.4) is 0 Å². The van der Waals surface area contributed by atoms with Crippen LogP contribution in [0.2, 0.25) is 0 Å². The van der Waals surface area contributed by atoms with E-state index < -0.39 is 0 Å². The number of aromatic nitrogens is 2. The van der Waals surface area contributed by atoms with Gasteiger partial charge in [0, 0.05) is 23.6 Å². The number of para-hydroxylation sites is 1. The normalized spacial score (nSPS) is 10.5. The second kappa shape index (κ2) is 7.70. The van der Waals surface area contributed by atoms with Crippen molar-refractivity contribution in [2.24, 2.45) is 0 Å². The Balaban J connectivity index is 1.58. The van der Waals surface area contributed by atoms with Gasteiger partial charge in [0.15, 0.2) is 0 Å². The zero-order valence-electron chi connectivity index (χ0n) is 14.7. The van der Waals surface area contributed by atoms with Crippen molar-refractivity contribution >= 4 is 11.6 Å². The van der Waals surface area contributed by atoms with E-state index in [4.69, 9.17) is 0 Å². The Kier molecular flexibility index (Phi) is 4.79. The molecule has 1 amide bonds. The number of hydrogen-bond donors (Lipinski definition) is 1. The zero-order chi connectivity index (χ0) is 18.5. The molecule has 0 saturated heterocycles. The molecule has 0 fully saturated rings. The summed E-state index contributed by atoms with van der Waals surface area (Å²) in [5.74, 6) is -0.114. The monoisotopic (exact) mass is 353 g/mol. The van der Waals surface area contributed by atoms with Gasteiger partial charge in [-0.05, 0) is 41.0 Å². The molecule has 0 bridgehead atoms. The first kappa shape index (κ1) is 16.8. The summed E-state index contributed by atoms with van der Waals surface area (Å²) in [6.07, 6.45) is 3.72. The number of nitrogens with zero attached hydrogens (tertiary/aromatic N) is 2. The molecule has 0 aliphatic heterocycles. The molecular weight excluding hydrogens is 334 g/mol. The van der Waals surface area contributed by atoms with Crippen LogP contribution in [0.25, 0.3) is 11.1 Å². The number of nitrogens with one attached hydrogen (secondary N) is 1. The summed E-state index contributed by atoms with van der Waals surface area (Å²) in [5.41, 5.74) is 4.52. The van der Waals surface area contributed by atoms with Crippen molar-refractivity contribution in [2.75, 3.05) is 5.32 Å². The Morgan fingerprint density at radius 3 is 2.33 bits per heavy atom. The second-order valence-electron chi connectivity index (χ2n) is 6.27. The number of amides is 1. The van der Waals surface area contributed by atoms with Crippen molar-refractivity contribution in [2.45, 2.75) is 6.54 Å². The molecule has 1 heterocycles.